The highest BCUT2D eigenvalue weighted by Crippen LogP contribution is 2.32. The first-order valence-electron chi connectivity index (χ1n) is 8.43. The number of hydrogen-bond acceptors (Lipinski definition) is 4. The summed E-state index contributed by atoms with van der Waals surface area (Å²) in [6, 6.07) is 4.19. The molecular formula is C18H22N6O. The average molecular weight is 338 g/mol. The second kappa shape index (κ2) is 5.61. The Morgan fingerprint density at radius 2 is 2.00 bits per heavy atom. The summed E-state index contributed by atoms with van der Waals surface area (Å²) in [6.45, 7) is 4.79. The lowest BCUT2D eigenvalue weighted by Crippen LogP contribution is -2.37. The van der Waals surface area contributed by atoms with Crippen LogP contribution >= 0.6 is 0 Å². The van der Waals surface area contributed by atoms with Gasteiger partial charge < -0.3 is 15.2 Å². The normalized spacial score (nSPS) is 16.6. The second-order valence-electron chi connectivity index (χ2n) is 6.98. The van der Waals surface area contributed by atoms with Crippen LogP contribution in [-0.2, 0) is 11.2 Å². The molecule has 3 N–H and O–H groups in total. The number of rotatable bonds is 2. The Bertz CT molecular complexity index is 929. The van der Waals surface area contributed by atoms with E-state index in [4.69, 9.17) is 4.98 Å². The summed E-state index contributed by atoms with van der Waals surface area (Å²) in [6.07, 6.45) is 0.653. The minimum Gasteiger partial charge on any atom is -0.369 e. The fourth-order valence-electron chi connectivity index (χ4n) is 3.37. The quantitative estimate of drug-likeness (QED) is 0.668. The second-order valence-corrected chi connectivity index (χ2v) is 6.98. The zero-order chi connectivity index (χ0) is 17.7. The number of amides is 1. The lowest BCUT2D eigenvalue weighted by Gasteiger charge is -2.25. The van der Waals surface area contributed by atoms with Crippen LogP contribution in [0.25, 0.3) is 22.6 Å². The lowest BCUT2D eigenvalue weighted by molar-refractivity contribution is -0.132. The number of fused-ring (bicyclic) bond motifs is 2. The molecule has 2 aromatic heterocycles. The van der Waals surface area contributed by atoms with E-state index < -0.39 is 0 Å². The summed E-state index contributed by atoms with van der Waals surface area (Å²) in [5.41, 5.74) is 6.17. The zero-order valence-electron chi connectivity index (χ0n) is 14.9. The minimum absolute atomic E-state index is 0.0901. The van der Waals surface area contributed by atoms with Crippen molar-refractivity contribution in [3.8, 4) is 11.5 Å². The van der Waals surface area contributed by atoms with Crippen molar-refractivity contribution in [1.82, 2.24) is 25.1 Å². The summed E-state index contributed by atoms with van der Waals surface area (Å²) in [4.78, 5) is 22.0. The molecule has 0 aliphatic carbocycles. The fourth-order valence-corrected chi connectivity index (χ4v) is 3.37. The number of aromatic amines is 2. The van der Waals surface area contributed by atoms with Gasteiger partial charge in [-0.2, -0.15) is 5.10 Å². The third-order valence-electron chi connectivity index (χ3n) is 4.95. The van der Waals surface area contributed by atoms with Gasteiger partial charge in [0.2, 0.25) is 5.91 Å². The highest BCUT2D eigenvalue weighted by Gasteiger charge is 2.30. The maximum absolute atomic E-state index is 12.3. The van der Waals surface area contributed by atoms with Crippen molar-refractivity contribution in [1.29, 1.82) is 0 Å². The topological polar surface area (TPSA) is 89.7 Å². The van der Waals surface area contributed by atoms with Crippen molar-refractivity contribution in [2.45, 2.75) is 20.3 Å². The van der Waals surface area contributed by atoms with Crippen LogP contribution in [0.2, 0.25) is 0 Å². The van der Waals surface area contributed by atoms with E-state index in [1.54, 1.807) is 19.0 Å². The first-order chi connectivity index (χ1) is 11.9. The fraction of sp³-hybridized carbons (Fsp3) is 0.389. The van der Waals surface area contributed by atoms with Gasteiger partial charge in [0.05, 0.1) is 17.0 Å². The van der Waals surface area contributed by atoms with E-state index in [-0.39, 0.29) is 11.8 Å². The SMILES string of the molecule is Cc1cc2nc(-c3n[nH]c4c3CC(C(=O)N(C)C)CN4)[nH]c2cc1C. The van der Waals surface area contributed by atoms with Gasteiger partial charge in [0.1, 0.15) is 11.5 Å². The molecule has 7 heteroatoms. The van der Waals surface area contributed by atoms with Gasteiger partial charge in [-0.3, -0.25) is 9.89 Å². The molecule has 1 atom stereocenters. The van der Waals surface area contributed by atoms with Gasteiger partial charge in [0.25, 0.3) is 0 Å². The van der Waals surface area contributed by atoms with Gasteiger partial charge >= 0.3 is 0 Å². The molecule has 1 aliphatic heterocycles. The maximum Gasteiger partial charge on any atom is 0.227 e. The van der Waals surface area contributed by atoms with Gasteiger partial charge in [-0.15, -0.1) is 0 Å². The van der Waals surface area contributed by atoms with Gasteiger partial charge in [-0.25, -0.2) is 4.98 Å². The Hall–Kier alpha value is -2.83. The predicted octanol–water partition coefficient (Wildman–Crippen LogP) is 2.24. The third-order valence-corrected chi connectivity index (χ3v) is 4.95. The molecule has 1 amide bonds. The number of benzene rings is 1. The summed E-state index contributed by atoms with van der Waals surface area (Å²) >= 11 is 0. The Morgan fingerprint density at radius 3 is 2.76 bits per heavy atom. The number of aromatic nitrogens is 4. The monoisotopic (exact) mass is 338 g/mol. The van der Waals surface area contributed by atoms with E-state index in [0.717, 1.165) is 33.9 Å². The average Bonchev–Trinajstić information content (AvgIpc) is 3.17. The Labute approximate surface area is 145 Å². The summed E-state index contributed by atoms with van der Waals surface area (Å²) in [5.74, 6) is 1.65. The first kappa shape index (κ1) is 15.7. The molecule has 0 radical (unpaired) electrons. The highest BCUT2D eigenvalue weighted by molar-refractivity contribution is 5.83. The number of carbonyl (C=O) groups excluding carboxylic acids is 1. The molecule has 3 heterocycles. The van der Waals surface area contributed by atoms with Gasteiger partial charge in [0.15, 0.2) is 5.82 Å². The Kier molecular flexibility index (Phi) is 3.52. The van der Waals surface area contributed by atoms with Crippen LogP contribution in [0.4, 0.5) is 5.82 Å². The van der Waals surface area contributed by atoms with E-state index in [9.17, 15) is 4.79 Å². The molecule has 1 aliphatic rings. The van der Waals surface area contributed by atoms with E-state index >= 15 is 0 Å². The Morgan fingerprint density at radius 1 is 1.24 bits per heavy atom. The number of anilines is 1. The Balaban J connectivity index is 1.74. The molecule has 1 unspecified atom stereocenters. The van der Waals surface area contributed by atoms with Crippen LogP contribution in [0.5, 0.6) is 0 Å². The van der Waals surface area contributed by atoms with Gasteiger partial charge in [0, 0.05) is 26.2 Å². The summed E-state index contributed by atoms with van der Waals surface area (Å²) in [5, 5.41) is 10.8. The minimum atomic E-state index is -0.0901. The molecule has 4 rings (SSSR count). The first-order valence-corrected chi connectivity index (χ1v) is 8.43. The number of H-pyrrole nitrogens is 2. The van der Waals surface area contributed by atoms with Crippen molar-refractivity contribution >= 4 is 22.8 Å². The molecule has 0 spiro atoms. The molecule has 3 aromatic rings. The van der Waals surface area contributed by atoms with Crippen LogP contribution in [0.15, 0.2) is 12.1 Å². The molecule has 7 nitrogen and oxygen atoms in total. The number of aryl methyl sites for hydroxylation is 2. The van der Waals surface area contributed by atoms with Crippen LogP contribution in [0.1, 0.15) is 16.7 Å². The molecule has 0 fully saturated rings. The van der Waals surface area contributed by atoms with Crippen molar-refractivity contribution < 1.29 is 4.79 Å². The van der Waals surface area contributed by atoms with Crippen molar-refractivity contribution in [3.63, 3.8) is 0 Å². The summed E-state index contributed by atoms with van der Waals surface area (Å²) in [7, 11) is 3.58. The van der Waals surface area contributed by atoms with E-state index in [2.05, 4.69) is 46.5 Å². The maximum atomic E-state index is 12.3. The number of imidazole rings is 1. The van der Waals surface area contributed by atoms with E-state index in [1.807, 2.05) is 0 Å². The third kappa shape index (κ3) is 2.56. The standard InChI is InChI=1S/C18H22N6O/c1-9-5-13-14(6-10(9)2)21-17(20-13)15-12-7-11(18(25)24(3)4)8-19-16(12)23-22-15/h5-6,11H,7-8H2,1-4H3,(H,20,21)(H2,19,22,23). The lowest BCUT2D eigenvalue weighted by atomic mass is 9.94. The van der Waals surface area contributed by atoms with E-state index in [0.29, 0.717) is 13.0 Å². The number of nitrogens with one attached hydrogen (secondary N) is 3. The van der Waals surface area contributed by atoms with Crippen LogP contribution in [-0.4, -0.2) is 51.6 Å². The molecular weight excluding hydrogens is 316 g/mol. The van der Waals surface area contributed by atoms with Crippen LogP contribution in [0, 0.1) is 19.8 Å². The number of nitrogens with zero attached hydrogens (tertiary/aromatic N) is 3. The van der Waals surface area contributed by atoms with Crippen LogP contribution < -0.4 is 5.32 Å². The van der Waals surface area contributed by atoms with E-state index in [1.165, 1.54) is 11.1 Å². The highest BCUT2D eigenvalue weighted by atomic mass is 16.2. The molecule has 0 bridgehead atoms. The van der Waals surface area contributed by atoms with Gasteiger partial charge in [-0.05, 0) is 43.5 Å². The smallest absolute Gasteiger partial charge is 0.227 e. The summed E-state index contributed by atoms with van der Waals surface area (Å²) < 4.78 is 0. The number of carbonyl (C=O) groups is 1. The van der Waals surface area contributed by atoms with Gasteiger partial charge in [-0.1, -0.05) is 0 Å². The van der Waals surface area contributed by atoms with Crippen molar-refractivity contribution in [2.75, 3.05) is 26.0 Å². The van der Waals surface area contributed by atoms with Crippen molar-refractivity contribution in [3.05, 3.63) is 28.8 Å². The molecule has 1 aromatic carbocycles. The zero-order valence-corrected chi connectivity index (χ0v) is 14.9. The molecule has 130 valence electrons. The van der Waals surface area contributed by atoms with Crippen molar-refractivity contribution in [2.24, 2.45) is 5.92 Å². The predicted molar refractivity (Wildman–Crippen MR) is 97.5 cm³/mol. The molecule has 0 saturated carbocycles. The molecule has 0 saturated heterocycles. The largest absolute Gasteiger partial charge is 0.369 e. The number of hydrogen-bond donors (Lipinski definition) is 3. The van der Waals surface area contributed by atoms with Crippen LogP contribution in [0.3, 0.4) is 0 Å². The molecule has 25 heavy (non-hydrogen) atoms.